The Balaban J connectivity index is 3.41. The lowest BCUT2D eigenvalue weighted by Gasteiger charge is -2.12. The summed E-state index contributed by atoms with van der Waals surface area (Å²) in [6, 6.07) is 0. The molecular weight excluding hydrogens is 240 g/mol. The van der Waals surface area contributed by atoms with Gasteiger partial charge in [-0.3, -0.25) is 4.98 Å². The summed E-state index contributed by atoms with van der Waals surface area (Å²) in [5, 5.41) is 8.56. The van der Waals surface area contributed by atoms with Crippen LogP contribution in [0.1, 0.15) is 23.2 Å². The predicted octanol–water partition coefficient (Wildman–Crippen LogP) is 2.67. The van der Waals surface area contributed by atoms with Crippen LogP contribution in [0.4, 0.5) is 26.3 Å². The first-order valence-electron chi connectivity index (χ1n) is 3.92. The van der Waals surface area contributed by atoms with Gasteiger partial charge < -0.3 is 5.11 Å². The van der Waals surface area contributed by atoms with Crippen molar-refractivity contribution in [3.8, 4) is 0 Å². The highest BCUT2D eigenvalue weighted by Crippen LogP contribution is 2.34. The molecule has 0 aliphatic heterocycles. The van der Waals surface area contributed by atoms with Crippen molar-refractivity contribution in [3.05, 3.63) is 28.8 Å². The van der Waals surface area contributed by atoms with Crippen LogP contribution >= 0.6 is 0 Å². The Morgan fingerprint density at radius 3 is 2.25 bits per heavy atom. The smallest absolute Gasteiger partial charge is 0.391 e. The molecule has 0 radical (unpaired) electrons. The predicted molar refractivity (Wildman–Crippen MR) is 40.1 cm³/mol. The van der Waals surface area contributed by atoms with Crippen molar-refractivity contribution < 1.29 is 31.4 Å². The average Bonchev–Trinajstić information content (AvgIpc) is 2.14. The maximum Gasteiger partial charge on any atom is 0.420 e. The second-order valence-electron chi connectivity index (χ2n) is 2.81. The number of pyridine rings is 1. The van der Waals surface area contributed by atoms with Crippen molar-refractivity contribution >= 4 is 0 Å². The third-order valence-electron chi connectivity index (χ3n) is 1.81. The summed E-state index contributed by atoms with van der Waals surface area (Å²) in [6.07, 6.45) is -8.31. The van der Waals surface area contributed by atoms with Crippen LogP contribution in [0.15, 0.2) is 6.20 Å². The Labute approximate surface area is 85.5 Å². The summed E-state index contributed by atoms with van der Waals surface area (Å²) >= 11 is 0. The fraction of sp³-hybridized carbons (Fsp3) is 0.375. The zero-order valence-corrected chi connectivity index (χ0v) is 7.52. The van der Waals surface area contributed by atoms with E-state index in [0.29, 0.717) is 0 Å². The molecule has 0 aliphatic carbocycles. The lowest BCUT2D eigenvalue weighted by molar-refractivity contribution is -0.140. The molecule has 0 atom stereocenters. The quantitative estimate of drug-likeness (QED) is 0.812. The molecule has 1 rings (SSSR count). The molecule has 0 aliphatic rings. The summed E-state index contributed by atoms with van der Waals surface area (Å²) in [5.41, 5.74) is -4.10. The standard InChI is InChI=1S/C8H5F6NO/c9-5-3(2-16)6(7(10)11)15-1-4(5)8(12,13)14/h1,7,16H,2H2. The number of aromatic nitrogens is 1. The molecule has 0 amide bonds. The first kappa shape index (κ1) is 12.8. The SMILES string of the molecule is OCc1c(C(F)F)ncc(C(F)(F)F)c1F. The Morgan fingerprint density at radius 1 is 1.31 bits per heavy atom. The molecule has 1 heterocycles. The first-order valence-corrected chi connectivity index (χ1v) is 3.92. The second kappa shape index (κ2) is 4.28. The molecule has 16 heavy (non-hydrogen) atoms. The summed E-state index contributed by atoms with van der Waals surface area (Å²) in [5.74, 6) is -1.92. The Morgan fingerprint density at radius 2 is 1.88 bits per heavy atom. The van der Waals surface area contributed by atoms with Crippen LogP contribution in [0.2, 0.25) is 0 Å². The van der Waals surface area contributed by atoms with E-state index in [1.807, 2.05) is 0 Å². The van der Waals surface area contributed by atoms with Crippen molar-refractivity contribution in [1.82, 2.24) is 4.98 Å². The number of nitrogens with zero attached hydrogens (tertiary/aromatic N) is 1. The van der Waals surface area contributed by atoms with Gasteiger partial charge in [0.25, 0.3) is 6.43 Å². The van der Waals surface area contributed by atoms with Crippen LogP contribution in [0.5, 0.6) is 0 Å². The number of aliphatic hydroxyl groups excluding tert-OH is 1. The van der Waals surface area contributed by atoms with Crippen molar-refractivity contribution in [2.24, 2.45) is 0 Å². The van der Waals surface area contributed by atoms with Crippen molar-refractivity contribution in [1.29, 1.82) is 0 Å². The Hall–Kier alpha value is -1.31. The summed E-state index contributed by atoms with van der Waals surface area (Å²) in [6.45, 7) is -1.28. The van der Waals surface area contributed by atoms with E-state index >= 15 is 0 Å². The highest BCUT2D eigenvalue weighted by molar-refractivity contribution is 5.29. The summed E-state index contributed by atoms with van der Waals surface area (Å²) in [4.78, 5) is 2.81. The third-order valence-corrected chi connectivity index (χ3v) is 1.81. The minimum absolute atomic E-state index is 0.0179. The van der Waals surface area contributed by atoms with E-state index in [4.69, 9.17) is 5.11 Å². The lowest BCUT2D eigenvalue weighted by Crippen LogP contribution is -2.13. The van der Waals surface area contributed by atoms with Crippen molar-refractivity contribution in [2.45, 2.75) is 19.2 Å². The number of hydrogen-bond acceptors (Lipinski definition) is 2. The van der Waals surface area contributed by atoms with Gasteiger partial charge in [-0.2, -0.15) is 13.2 Å². The third kappa shape index (κ3) is 2.26. The van der Waals surface area contributed by atoms with E-state index < -0.39 is 41.8 Å². The van der Waals surface area contributed by atoms with Crippen LogP contribution in [0.25, 0.3) is 0 Å². The summed E-state index contributed by atoms with van der Waals surface area (Å²) < 4.78 is 74.0. The average molecular weight is 245 g/mol. The van der Waals surface area contributed by atoms with Gasteiger partial charge >= 0.3 is 6.18 Å². The van der Waals surface area contributed by atoms with Crippen LogP contribution in [-0.4, -0.2) is 10.1 Å². The molecule has 2 nitrogen and oxygen atoms in total. The van der Waals surface area contributed by atoms with Crippen LogP contribution in [0, 0.1) is 5.82 Å². The monoisotopic (exact) mass is 245 g/mol. The Kier molecular flexibility index (Phi) is 3.41. The molecule has 0 aromatic carbocycles. The highest BCUT2D eigenvalue weighted by atomic mass is 19.4. The maximum absolute atomic E-state index is 13.1. The molecule has 0 unspecified atom stereocenters. The van der Waals surface area contributed by atoms with Gasteiger partial charge in [-0.1, -0.05) is 0 Å². The van der Waals surface area contributed by atoms with Gasteiger partial charge in [-0.25, -0.2) is 13.2 Å². The van der Waals surface area contributed by atoms with E-state index in [1.165, 1.54) is 0 Å². The topological polar surface area (TPSA) is 33.1 Å². The van der Waals surface area contributed by atoms with Crippen LogP contribution in [-0.2, 0) is 12.8 Å². The molecule has 90 valence electrons. The molecule has 0 spiro atoms. The number of hydrogen-bond donors (Lipinski definition) is 1. The molecule has 0 saturated heterocycles. The fourth-order valence-corrected chi connectivity index (χ4v) is 1.08. The van der Waals surface area contributed by atoms with E-state index in [1.54, 1.807) is 0 Å². The maximum atomic E-state index is 13.1. The van der Waals surface area contributed by atoms with E-state index in [-0.39, 0.29) is 6.20 Å². The molecule has 1 aromatic rings. The highest BCUT2D eigenvalue weighted by Gasteiger charge is 2.37. The van der Waals surface area contributed by atoms with E-state index in [2.05, 4.69) is 4.98 Å². The zero-order valence-electron chi connectivity index (χ0n) is 7.52. The molecule has 8 heteroatoms. The van der Waals surface area contributed by atoms with Gasteiger partial charge in [0.1, 0.15) is 17.1 Å². The minimum atomic E-state index is -5.04. The van der Waals surface area contributed by atoms with Crippen LogP contribution in [0.3, 0.4) is 0 Å². The lowest BCUT2D eigenvalue weighted by atomic mass is 10.1. The number of halogens is 6. The summed E-state index contributed by atoms with van der Waals surface area (Å²) in [7, 11) is 0. The largest absolute Gasteiger partial charge is 0.420 e. The van der Waals surface area contributed by atoms with Gasteiger partial charge in [0.15, 0.2) is 0 Å². The number of aliphatic hydroxyl groups is 1. The molecule has 1 aromatic heterocycles. The molecular formula is C8H5F6NO. The van der Waals surface area contributed by atoms with Crippen molar-refractivity contribution in [2.75, 3.05) is 0 Å². The van der Waals surface area contributed by atoms with E-state index in [0.717, 1.165) is 0 Å². The fourth-order valence-electron chi connectivity index (χ4n) is 1.08. The minimum Gasteiger partial charge on any atom is -0.391 e. The molecule has 0 saturated carbocycles. The van der Waals surface area contributed by atoms with Gasteiger partial charge in [-0.05, 0) is 0 Å². The molecule has 0 bridgehead atoms. The molecule has 1 N–H and O–H groups in total. The van der Waals surface area contributed by atoms with E-state index in [9.17, 15) is 26.3 Å². The van der Waals surface area contributed by atoms with Gasteiger partial charge in [0.2, 0.25) is 0 Å². The van der Waals surface area contributed by atoms with Gasteiger partial charge in [0.05, 0.1) is 6.61 Å². The molecule has 0 fully saturated rings. The van der Waals surface area contributed by atoms with Crippen LogP contribution < -0.4 is 0 Å². The number of alkyl halides is 5. The van der Waals surface area contributed by atoms with Crippen molar-refractivity contribution in [3.63, 3.8) is 0 Å². The second-order valence-corrected chi connectivity index (χ2v) is 2.81. The normalized spacial score (nSPS) is 12.2. The Bertz CT molecular complexity index is 389. The van der Waals surface area contributed by atoms with Gasteiger partial charge in [0, 0.05) is 11.8 Å². The first-order chi connectivity index (χ1) is 7.29. The zero-order chi connectivity index (χ0) is 12.5. The van der Waals surface area contributed by atoms with Gasteiger partial charge in [-0.15, -0.1) is 0 Å². The number of rotatable bonds is 2.